The monoisotopic (exact) mass is 335 g/mol. The molecule has 0 heterocycles. The molecule has 2 aromatic rings. The fraction of sp³-hybridized carbons (Fsp3) is 0.222. The molecule has 0 saturated carbocycles. The number of nitrogens with one attached hydrogen (secondary N) is 1. The van der Waals surface area contributed by atoms with E-state index in [1.807, 2.05) is 60.7 Å². The third-order valence-electron chi connectivity index (χ3n) is 3.39. The zero-order valence-corrected chi connectivity index (χ0v) is 16.3. The molecule has 2 rings (SSSR count). The number of carbonyl (C=O) groups excluding carboxylic acids is 2. The molecular weight excluding hydrogens is 317 g/mol. The standard InChI is InChI=1S/C18H19NO3.K/c20-17(12-11-14-7-3-1-4-8-14)19-16(18(21)22)13-15-9-5-2-6-10-15;/h1-10,16H,11-13H2,(H,19,20)(H,21,22);/q;+1/p-1/t16-;/m0./s1. The van der Waals surface area contributed by atoms with Gasteiger partial charge in [-0.25, -0.2) is 0 Å². The summed E-state index contributed by atoms with van der Waals surface area (Å²) in [5.41, 5.74) is 1.89. The predicted octanol–water partition coefficient (Wildman–Crippen LogP) is -1.90. The van der Waals surface area contributed by atoms with E-state index in [2.05, 4.69) is 5.32 Å². The van der Waals surface area contributed by atoms with Gasteiger partial charge in [-0.05, 0) is 24.0 Å². The van der Waals surface area contributed by atoms with E-state index in [-0.39, 0.29) is 70.1 Å². The van der Waals surface area contributed by atoms with Crippen LogP contribution in [0.5, 0.6) is 0 Å². The maximum atomic E-state index is 11.9. The van der Waals surface area contributed by atoms with Gasteiger partial charge in [0.05, 0.1) is 12.0 Å². The van der Waals surface area contributed by atoms with Gasteiger partial charge in [0.1, 0.15) is 0 Å². The molecule has 0 bridgehead atoms. The number of hydrogen-bond acceptors (Lipinski definition) is 3. The number of carboxylic acids is 1. The van der Waals surface area contributed by atoms with Crippen molar-refractivity contribution in [2.45, 2.75) is 25.3 Å². The molecular formula is C18H18KNO3. The minimum absolute atomic E-state index is 0. The van der Waals surface area contributed by atoms with Crippen molar-refractivity contribution in [1.82, 2.24) is 5.32 Å². The molecule has 4 nitrogen and oxygen atoms in total. The molecule has 0 spiro atoms. The number of amides is 1. The third-order valence-corrected chi connectivity index (χ3v) is 3.39. The molecule has 0 aliphatic heterocycles. The Kier molecular flexibility index (Phi) is 9.36. The van der Waals surface area contributed by atoms with Gasteiger partial charge in [-0.2, -0.15) is 0 Å². The van der Waals surface area contributed by atoms with E-state index in [1.165, 1.54) is 0 Å². The SMILES string of the molecule is O=C(CCc1ccccc1)N[C@@H](Cc1ccccc1)C(=O)[O-].[K+]. The minimum atomic E-state index is -1.27. The number of rotatable bonds is 7. The minimum Gasteiger partial charge on any atom is -0.548 e. The van der Waals surface area contributed by atoms with Crippen LogP contribution < -0.4 is 61.8 Å². The van der Waals surface area contributed by atoms with Crippen LogP contribution in [-0.4, -0.2) is 17.9 Å². The van der Waals surface area contributed by atoms with Crippen molar-refractivity contribution in [3.63, 3.8) is 0 Å². The average Bonchev–Trinajstić information content (AvgIpc) is 2.54. The molecule has 0 fully saturated rings. The molecule has 23 heavy (non-hydrogen) atoms. The van der Waals surface area contributed by atoms with Crippen molar-refractivity contribution in [3.05, 3.63) is 71.8 Å². The van der Waals surface area contributed by atoms with E-state index in [9.17, 15) is 14.7 Å². The Bertz CT molecular complexity index is 617. The fourth-order valence-corrected chi connectivity index (χ4v) is 2.21. The topological polar surface area (TPSA) is 69.2 Å². The number of carboxylic acid groups (broad SMARTS) is 1. The number of aliphatic carboxylic acids is 1. The van der Waals surface area contributed by atoms with Crippen molar-refractivity contribution in [2.75, 3.05) is 0 Å². The molecule has 0 aromatic heterocycles. The summed E-state index contributed by atoms with van der Waals surface area (Å²) >= 11 is 0. The maximum absolute atomic E-state index is 11.9. The van der Waals surface area contributed by atoms with Crippen LogP contribution in [0.4, 0.5) is 0 Å². The van der Waals surface area contributed by atoms with Crippen LogP contribution in [0, 0.1) is 0 Å². The molecule has 0 radical (unpaired) electrons. The van der Waals surface area contributed by atoms with Crippen LogP contribution in [0.25, 0.3) is 0 Å². The van der Waals surface area contributed by atoms with Gasteiger partial charge in [0.25, 0.3) is 0 Å². The smallest absolute Gasteiger partial charge is 0.548 e. The summed E-state index contributed by atoms with van der Waals surface area (Å²) in [6, 6.07) is 17.8. The van der Waals surface area contributed by atoms with Crippen molar-refractivity contribution < 1.29 is 66.1 Å². The first-order chi connectivity index (χ1) is 10.6. The number of carbonyl (C=O) groups is 2. The van der Waals surface area contributed by atoms with Crippen molar-refractivity contribution in [1.29, 1.82) is 0 Å². The molecule has 1 amide bonds. The molecule has 1 N–H and O–H groups in total. The summed E-state index contributed by atoms with van der Waals surface area (Å²) in [6.07, 6.45) is 1.06. The maximum Gasteiger partial charge on any atom is 1.00 e. The van der Waals surface area contributed by atoms with E-state index >= 15 is 0 Å². The van der Waals surface area contributed by atoms with Crippen molar-refractivity contribution >= 4 is 11.9 Å². The summed E-state index contributed by atoms with van der Waals surface area (Å²) < 4.78 is 0. The molecule has 1 atom stereocenters. The summed E-state index contributed by atoms with van der Waals surface area (Å²) in [6.45, 7) is 0. The molecule has 0 saturated heterocycles. The Morgan fingerprint density at radius 2 is 1.43 bits per heavy atom. The van der Waals surface area contributed by atoms with Crippen LogP contribution >= 0.6 is 0 Å². The van der Waals surface area contributed by atoms with Gasteiger partial charge in [-0.3, -0.25) is 4.79 Å². The first-order valence-corrected chi connectivity index (χ1v) is 7.23. The quantitative estimate of drug-likeness (QED) is 0.601. The average molecular weight is 335 g/mol. The molecule has 0 aliphatic carbocycles. The first kappa shape index (κ1) is 20.1. The van der Waals surface area contributed by atoms with Gasteiger partial charge in [0.15, 0.2) is 0 Å². The molecule has 0 unspecified atom stereocenters. The Hall–Kier alpha value is -0.984. The van der Waals surface area contributed by atoms with E-state index < -0.39 is 12.0 Å². The predicted molar refractivity (Wildman–Crippen MR) is 81.8 cm³/mol. The molecule has 5 heteroatoms. The van der Waals surface area contributed by atoms with Crippen LogP contribution in [0.15, 0.2) is 60.7 Å². The van der Waals surface area contributed by atoms with Gasteiger partial charge in [-0.1, -0.05) is 60.7 Å². The summed E-state index contributed by atoms with van der Waals surface area (Å²) in [7, 11) is 0. The number of aryl methyl sites for hydroxylation is 1. The van der Waals surface area contributed by atoms with Gasteiger partial charge in [0.2, 0.25) is 5.91 Å². The van der Waals surface area contributed by atoms with E-state index in [4.69, 9.17) is 0 Å². The molecule has 0 aliphatic rings. The zero-order chi connectivity index (χ0) is 15.8. The normalized spacial score (nSPS) is 11.1. The van der Waals surface area contributed by atoms with E-state index in [0.717, 1.165) is 11.1 Å². The van der Waals surface area contributed by atoms with Gasteiger partial charge >= 0.3 is 51.4 Å². The second-order valence-electron chi connectivity index (χ2n) is 5.11. The van der Waals surface area contributed by atoms with Crippen molar-refractivity contribution in [2.24, 2.45) is 0 Å². The molecule has 2 aromatic carbocycles. The van der Waals surface area contributed by atoms with Crippen LogP contribution in [-0.2, 0) is 22.4 Å². The number of benzene rings is 2. The summed E-state index contributed by atoms with van der Waals surface area (Å²) in [4.78, 5) is 23.1. The van der Waals surface area contributed by atoms with Crippen LogP contribution in [0.1, 0.15) is 17.5 Å². The Labute approximate surface area is 178 Å². The second-order valence-corrected chi connectivity index (χ2v) is 5.11. The fourth-order valence-electron chi connectivity index (χ4n) is 2.21. The van der Waals surface area contributed by atoms with Crippen LogP contribution in [0.3, 0.4) is 0 Å². The van der Waals surface area contributed by atoms with Gasteiger partial charge in [0, 0.05) is 6.42 Å². The Morgan fingerprint density at radius 1 is 0.913 bits per heavy atom. The Morgan fingerprint density at radius 3 is 1.96 bits per heavy atom. The Balaban J connectivity index is 0.00000264. The van der Waals surface area contributed by atoms with Crippen LogP contribution in [0.2, 0.25) is 0 Å². The molecule has 114 valence electrons. The van der Waals surface area contributed by atoms with E-state index in [0.29, 0.717) is 6.42 Å². The number of hydrogen-bond donors (Lipinski definition) is 1. The van der Waals surface area contributed by atoms with Gasteiger partial charge < -0.3 is 15.2 Å². The third kappa shape index (κ3) is 7.41. The largest absolute Gasteiger partial charge is 1.00 e. The second kappa shape index (κ2) is 10.7. The zero-order valence-electron chi connectivity index (χ0n) is 13.2. The first-order valence-electron chi connectivity index (χ1n) is 7.23. The summed E-state index contributed by atoms with van der Waals surface area (Å²) in [5.74, 6) is -1.55. The summed E-state index contributed by atoms with van der Waals surface area (Å²) in [5, 5.41) is 13.7. The van der Waals surface area contributed by atoms with Gasteiger partial charge in [-0.15, -0.1) is 0 Å². The van der Waals surface area contributed by atoms with Crippen molar-refractivity contribution in [3.8, 4) is 0 Å². The van der Waals surface area contributed by atoms with E-state index in [1.54, 1.807) is 0 Å².